The van der Waals surface area contributed by atoms with Gasteiger partial charge in [-0.25, -0.2) is 14.6 Å². The van der Waals surface area contributed by atoms with Gasteiger partial charge in [-0.2, -0.15) is 0 Å². The van der Waals surface area contributed by atoms with E-state index in [9.17, 15) is 9.59 Å². The zero-order valence-corrected chi connectivity index (χ0v) is 14.8. The zero-order chi connectivity index (χ0) is 18.3. The van der Waals surface area contributed by atoms with Gasteiger partial charge in [-0.15, -0.1) is 0 Å². The van der Waals surface area contributed by atoms with Crippen LogP contribution in [0, 0.1) is 11.3 Å². The van der Waals surface area contributed by atoms with Gasteiger partial charge in [0.05, 0.1) is 5.69 Å². The van der Waals surface area contributed by atoms with Crippen LogP contribution in [0.3, 0.4) is 0 Å². The molecule has 0 aromatic carbocycles. The molecule has 4 rings (SSSR count). The fourth-order valence-corrected chi connectivity index (χ4v) is 4.03. The summed E-state index contributed by atoms with van der Waals surface area (Å²) in [4.78, 5) is 30.8. The van der Waals surface area contributed by atoms with E-state index in [0.29, 0.717) is 25.6 Å². The third kappa shape index (κ3) is 2.95. The molecule has 0 radical (unpaired) electrons. The molecule has 0 bridgehead atoms. The number of anilines is 1. The summed E-state index contributed by atoms with van der Waals surface area (Å²) >= 11 is 0. The highest BCUT2D eigenvalue weighted by molar-refractivity contribution is 5.91. The van der Waals surface area contributed by atoms with Crippen molar-refractivity contribution in [2.75, 3.05) is 31.6 Å². The highest BCUT2D eigenvalue weighted by atomic mass is 16.4. The summed E-state index contributed by atoms with van der Waals surface area (Å²) in [5.41, 5.74) is 1.87. The van der Waals surface area contributed by atoms with Crippen molar-refractivity contribution in [3.05, 3.63) is 30.7 Å². The fourth-order valence-electron chi connectivity index (χ4n) is 4.03. The maximum atomic E-state index is 12.5. The van der Waals surface area contributed by atoms with Gasteiger partial charge in [0, 0.05) is 45.3 Å². The number of pyridine rings is 1. The van der Waals surface area contributed by atoms with Crippen LogP contribution in [-0.4, -0.2) is 58.2 Å². The van der Waals surface area contributed by atoms with E-state index in [4.69, 9.17) is 5.11 Å². The van der Waals surface area contributed by atoms with Crippen molar-refractivity contribution in [1.82, 2.24) is 19.6 Å². The van der Waals surface area contributed by atoms with E-state index in [1.807, 2.05) is 28.9 Å². The summed E-state index contributed by atoms with van der Waals surface area (Å²) < 4.78 is 1.88. The number of hydrogen-bond donors (Lipinski definition) is 2. The maximum Gasteiger partial charge on any atom is 0.407 e. The molecular weight excluding hydrogens is 334 g/mol. The first-order chi connectivity index (χ1) is 12.5. The van der Waals surface area contributed by atoms with Crippen molar-refractivity contribution < 1.29 is 14.7 Å². The van der Waals surface area contributed by atoms with Crippen molar-refractivity contribution >= 4 is 23.5 Å². The van der Waals surface area contributed by atoms with E-state index in [-0.39, 0.29) is 11.4 Å². The average Bonchev–Trinajstić information content (AvgIpc) is 3.09. The lowest BCUT2D eigenvalue weighted by Crippen LogP contribution is -2.41. The monoisotopic (exact) mass is 357 g/mol. The SMILES string of the molecule is CN(C(=O)NCC1CC12CCN(C(=O)O)CC2)c1ccc2nccn2c1. The van der Waals surface area contributed by atoms with Crippen molar-refractivity contribution in [2.24, 2.45) is 11.3 Å². The zero-order valence-electron chi connectivity index (χ0n) is 14.8. The van der Waals surface area contributed by atoms with Gasteiger partial charge in [0.2, 0.25) is 0 Å². The minimum Gasteiger partial charge on any atom is -0.465 e. The lowest BCUT2D eigenvalue weighted by Gasteiger charge is -2.31. The van der Waals surface area contributed by atoms with Crippen LogP contribution in [0.5, 0.6) is 0 Å². The molecule has 1 spiro atoms. The molecule has 2 fully saturated rings. The third-order valence-electron chi connectivity index (χ3n) is 5.95. The quantitative estimate of drug-likeness (QED) is 0.882. The van der Waals surface area contributed by atoms with Crippen LogP contribution in [0.1, 0.15) is 19.3 Å². The number of nitrogens with one attached hydrogen (secondary N) is 1. The van der Waals surface area contributed by atoms with Crippen LogP contribution >= 0.6 is 0 Å². The number of carbonyl (C=O) groups is 2. The second kappa shape index (κ2) is 6.19. The number of rotatable bonds is 3. The number of imidazole rings is 1. The molecule has 2 aromatic heterocycles. The highest BCUT2D eigenvalue weighted by Gasteiger charge is 2.54. The molecule has 138 valence electrons. The van der Waals surface area contributed by atoms with Gasteiger partial charge in [-0.05, 0) is 42.7 Å². The Bertz CT molecular complexity index is 840. The number of piperidine rings is 1. The van der Waals surface area contributed by atoms with Gasteiger partial charge in [0.25, 0.3) is 0 Å². The summed E-state index contributed by atoms with van der Waals surface area (Å²) in [7, 11) is 1.75. The number of carboxylic acid groups (broad SMARTS) is 1. The summed E-state index contributed by atoms with van der Waals surface area (Å²) in [5.74, 6) is 0.451. The minimum absolute atomic E-state index is 0.130. The van der Waals surface area contributed by atoms with E-state index in [2.05, 4.69) is 10.3 Å². The Balaban J connectivity index is 1.30. The van der Waals surface area contributed by atoms with E-state index >= 15 is 0 Å². The molecule has 3 heterocycles. The van der Waals surface area contributed by atoms with E-state index in [1.54, 1.807) is 18.1 Å². The largest absolute Gasteiger partial charge is 0.465 e. The van der Waals surface area contributed by atoms with Gasteiger partial charge >= 0.3 is 12.1 Å². The molecule has 8 heteroatoms. The number of fused-ring (bicyclic) bond motifs is 1. The van der Waals surface area contributed by atoms with Crippen molar-refractivity contribution in [1.29, 1.82) is 0 Å². The molecule has 2 aliphatic rings. The van der Waals surface area contributed by atoms with Crippen LogP contribution in [0.4, 0.5) is 15.3 Å². The standard InChI is InChI=1S/C18H23N5O3/c1-21(14-2-3-15-19-6-9-23(15)12-14)16(24)20-11-13-10-18(13)4-7-22(8-5-18)17(25)26/h2-3,6,9,12-13H,4-5,7-8,10-11H2,1H3,(H,20,24)(H,25,26). The Labute approximate surface area is 151 Å². The van der Waals surface area contributed by atoms with Crippen LogP contribution in [0.15, 0.2) is 30.7 Å². The average molecular weight is 357 g/mol. The number of amides is 3. The van der Waals surface area contributed by atoms with Crippen molar-refractivity contribution in [3.8, 4) is 0 Å². The van der Waals surface area contributed by atoms with Crippen LogP contribution in [0.2, 0.25) is 0 Å². The Morgan fingerprint density at radius 1 is 1.38 bits per heavy atom. The molecule has 26 heavy (non-hydrogen) atoms. The Hall–Kier alpha value is -2.77. The Morgan fingerprint density at radius 3 is 2.88 bits per heavy atom. The summed E-state index contributed by atoms with van der Waals surface area (Å²) in [6.45, 7) is 1.85. The Morgan fingerprint density at radius 2 is 2.15 bits per heavy atom. The third-order valence-corrected chi connectivity index (χ3v) is 5.95. The molecule has 2 N–H and O–H groups in total. The normalized spacial score (nSPS) is 21.0. The lowest BCUT2D eigenvalue weighted by atomic mass is 9.91. The number of hydrogen-bond acceptors (Lipinski definition) is 3. The second-order valence-electron chi connectivity index (χ2n) is 7.36. The number of likely N-dealkylation sites (tertiary alicyclic amines) is 1. The van der Waals surface area contributed by atoms with Gasteiger partial charge in [-0.3, -0.25) is 4.90 Å². The lowest BCUT2D eigenvalue weighted by molar-refractivity contribution is 0.117. The van der Waals surface area contributed by atoms with E-state index in [1.165, 1.54) is 4.90 Å². The van der Waals surface area contributed by atoms with Crippen LogP contribution < -0.4 is 10.2 Å². The number of urea groups is 1. The van der Waals surface area contributed by atoms with Crippen LogP contribution in [-0.2, 0) is 0 Å². The first-order valence-corrected chi connectivity index (χ1v) is 8.91. The van der Waals surface area contributed by atoms with Gasteiger partial charge in [0.15, 0.2) is 0 Å². The van der Waals surface area contributed by atoms with Gasteiger partial charge in [0.1, 0.15) is 5.65 Å². The molecule has 3 amide bonds. The smallest absolute Gasteiger partial charge is 0.407 e. The topological polar surface area (TPSA) is 90.2 Å². The maximum absolute atomic E-state index is 12.5. The molecule has 1 aliphatic carbocycles. The molecule has 1 unspecified atom stereocenters. The van der Waals surface area contributed by atoms with Crippen molar-refractivity contribution in [2.45, 2.75) is 19.3 Å². The summed E-state index contributed by atoms with van der Waals surface area (Å²) in [6.07, 6.45) is 7.48. The number of carbonyl (C=O) groups excluding carboxylic acids is 1. The van der Waals surface area contributed by atoms with E-state index in [0.717, 1.165) is 30.6 Å². The molecule has 1 aliphatic heterocycles. The van der Waals surface area contributed by atoms with Crippen molar-refractivity contribution in [3.63, 3.8) is 0 Å². The van der Waals surface area contributed by atoms with Crippen LogP contribution in [0.25, 0.3) is 5.65 Å². The predicted molar refractivity (Wildman–Crippen MR) is 96.4 cm³/mol. The fraction of sp³-hybridized carbons (Fsp3) is 0.500. The highest BCUT2D eigenvalue weighted by Crippen LogP contribution is 2.59. The first kappa shape index (κ1) is 16.7. The van der Waals surface area contributed by atoms with Gasteiger partial charge in [-0.1, -0.05) is 0 Å². The summed E-state index contributed by atoms with van der Waals surface area (Å²) in [5, 5.41) is 12.1. The van der Waals surface area contributed by atoms with Gasteiger partial charge < -0.3 is 19.7 Å². The number of nitrogens with zero attached hydrogens (tertiary/aromatic N) is 4. The minimum atomic E-state index is -0.832. The molecule has 1 saturated heterocycles. The number of aromatic nitrogens is 2. The molecule has 1 saturated carbocycles. The predicted octanol–water partition coefficient (Wildman–Crippen LogP) is 2.26. The first-order valence-electron chi connectivity index (χ1n) is 8.91. The molecule has 8 nitrogen and oxygen atoms in total. The Kier molecular flexibility index (Phi) is 3.97. The molecular formula is C18H23N5O3. The summed E-state index contributed by atoms with van der Waals surface area (Å²) in [6, 6.07) is 3.63. The van der Waals surface area contributed by atoms with E-state index < -0.39 is 6.09 Å². The second-order valence-corrected chi connectivity index (χ2v) is 7.36. The molecule has 1 atom stereocenters. The molecule has 2 aromatic rings.